The zero-order valence-corrected chi connectivity index (χ0v) is 15.5. The maximum Gasteiger partial charge on any atom is 0.326 e. The van der Waals surface area contributed by atoms with Crippen LogP contribution in [0.5, 0.6) is 0 Å². The highest BCUT2D eigenvalue weighted by Crippen LogP contribution is 2.26. The molecule has 0 atom stereocenters. The van der Waals surface area contributed by atoms with E-state index in [0.29, 0.717) is 14.5 Å². The molecule has 3 rings (SSSR count). The molecule has 26 heavy (non-hydrogen) atoms. The molecule has 0 fully saturated rings. The molecule has 1 aromatic carbocycles. The zero-order chi connectivity index (χ0) is 18.4. The fourth-order valence-corrected chi connectivity index (χ4v) is 3.94. The van der Waals surface area contributed by atoms with Gasteiger partial charge in [-0.2, -0.15) is 0 Å². The summed E-state index contributed by atoms with van der Waals surface area (Å²) >= 11 is 3.69. The maximum absolute atomic E-state index is 13.5. The van der Waals surface area contributed by atoms with E-state index in [-0.39, 0.29) is 17.3 Å². The first-order valence-corrected chi connectivity index (χ1v) is 9.90. The Balaban J connectivity index is 1.46. The Morgan fingerprint density at radius 2 is 1.92 bits per heavy atom. The second kappa shape index (κ2) is 8.74. The minimum Gasteiger partial charge on any atom is -0.323 e. The van der Waals surface area contributed by atoms with Crippen LogP contribution in [0.25, 0.3) is 0 Å². The highest BCUT2D eigenvalue weighted by molar-refractivity contribution is 8.01. The normalized spacial score (nSPS) is 10.3. The van der Waals surface area contributed by atoms with E-state index in [1.807, 2.05) is 11.4 Å². The molecular formula is C15H12FN5O2S3. The van der Waals surface area contributed by atoms with Crippen LogP contribution in [0.4, 0.5) is 25.0 Å². The molecule has 0 saturated heterocycles. The highest BCUT2D eigenvalue weighted by Gasteiger charge is 2.12. The lowest BCUT2D eigenvalue weighted by molar-refractivity contribution is -0.113. The van der Waals surface area contributed by atoms with Crippen molar-refractivity contribution in [3.63, 3.8) is 0 Å². The van der Waals surface area contributed by atoms with Crippen molar-refractivity contribution in [1.29, 1.82) is 0 Å². The number of hydrogen-bond acceptors (Lipinski definition) is 7. The summed E-state index contributed by atoms with van der Waals surface area (Å²) in [4.78, 5) is 23.7. The third kappa shape index (κ3) is 5.25. The van der Waals surface area contributed by atoms with Crippen LogP contribution in [0.1, 0.15) is 0 Å². The molecule has 0 aliphatic carbocycles. The lowest BCUT2D eigenvalue weighted by Crippen LogP contribution is -2.18. The molecule has 0 unspecified atom stereocenters. The van der Waals surface area contributed by atoms with Gasteiger partial charge < -0.3 is 5.32 Å². The fourth-order valence-electron chi connectivity index (χ4n) is 1.78. The van der Waals surface area contributed by atoms with Crippen molar-refractivity contribution in [3.05, 3.63) is 47.6 Å². The average Bonchev–Trinajstić information content (AvgIpc) is 3.27. The molecule has 3 aromatic rings. The quantitative estimate of drug-likeness (QED) is 0.421. The summed E-state index contributed by atoms with van der Waals surface area (Å²) in [6.07, 6.45) is 0. The van der Waals surface area contributed by atoms with Gasteiger partial charge in [0.05, 0.1) is 16.4 Å². The van der Waals surface area contributed by atoms with Gasteiger partial charge in [-0.15, -0.1) is 21.5 Å². The third-order valence-electron chi connectivity index (χ3n) is 2.86. The number of para-hydroxylation sites is 1. The molecule has 0 bridgehead atoms. The first-order valence-electron chi connectivity index (χ1n) is 7.22. The number of aromatic nitrogens is 2. The molecule has 7 nitrogen and oxygen atoms in total. The van der Waals surface area contributed by atoms with Gasteiger partial charge >= 0.3 is 6.03 Å². The zero-order valence-electron chi connectivity index (χ0n) is 13.1. The maximum atomic E-state index is 13.5. The molecule has 11 heteroatoms. The molecule has 3 N–H and O–H groups in total. The van der Waals surface area contributed by atoms with Crippen LogP contribution >= 0.6 is 34.4 Å². The van der Waals surface area contributed by atoms with Crippen molar-refractivity contribution in [2.24, 2.45) is 0 Å². The average molecular weight is 409 g/mol. The molecular weight excluding hydrogens is 397 g/mol. The van der Waals surface area contributed by atoms with E-state index in [0.717, 1.165) is 23.1 Å². The van der Waals surface area contributed by atoms with Crippen LogP contribution in [0.3, 0.4) is 0 Å². The van der Waals surface area contributed by atoms with Gasteiger partial charge in [-0.1, -0.05) is 35.2 Å². The van der Waals surface area contributed by atoms with E-state index < -0.39 is 11.8 Å². The molecule has 2 aromatic heterocycles. The summed E-state index contributed by atoms with van der Waals surface area (Å²) in [6, 6.07) is 9.12. The second-order valence-electron chi connectivity index (χ2n) is 4.75. The molecule has 3 amide bonds. The topological polar surface area (TPSA) is 96.0 Å². The van der Waals surface area contributed by atoms with Crippen LogP contribution in [0.15, 0.2) is 46.1 Å². The predicted octanol–water partition coefficient (Wildman–Crippen LogP) is 4.11. The number of anilines is 3. The largest absolute Gasteiger partial charge is 0.326 e. The summed E-state index contributed by atoms with van der Waals surface area (Å²) in [5.41, 5.74) is 0.128. The van der Waals surface area contributed by atoms with Crippen molar-refractivity contribution in [1.82, 2.24) is 10.2 Å². The van der Waals surface area contributed by atoms with Crippen LogP contribution in [0.2, 0.25) is 0 Å². The van der Waals surface area contributed by atoms with Crippen molar-refractivity contribution in [2.75, 3.05) is 21.7 Å². The number of carbonyl (C=O) groups excluding carboxylic acids is 2. The number of nitrogens with one attached hydrogen (secondary N) is 3. The van der Waals surface area contributed by atoms with Gasteiger partial charge in [0.15, 0.2) is 4.34 Å². The van der Waals surface area contributed by atoms with Gasteiger partial charge in [-0.05, 0) is 29.6 Å². The minimum atomic E-state index is -0.495. The fraction of sp³-hybridized carbons (Fsp3) is 0.0667. The van der Waals surface area contributed by atoms with Crippen LogP contribution < -0.4 is 16.0 Å². The van der Waals surface area contributed by atoms with Crippen molar-refractivity contribution in [2.45, 2.75) is 4.34 Å². The smallest absolute Gasteiger partial charge is 0.323 e. The van der Waals surface area contributed by atoms with Crippen LogP contribution in [-0.4, -0.2) is 27.9 Å². The Kier molecular flexibility index (Phi) is 6.15. The summed E-state index contributed by atoms with van der Waals surface area (Å²) in [7, 11) is 0. The summed E-state index contributed by atoms with van der Waals surface area (Å²) in [5, 5.41) is 18.4. The van der Waals surface area contributed by atoms with Crippen LogP contribution in [0, 0.1) is 5.82 Å². The molecule has 0 aliphatic rings. The van der Waals surface area contributed by atoms with Crippen molar-refractivity contribution in [3.8, 4) is 0 Å². The number of amides is 3. The number of nitrogens with zero attached hydrogens (tertiary/aromatic N) is 2. The van der Waals surface area contributed by atoms with E-state index in [1.165, 1.54) is 23.5 Å². The Hall–Kier alpha value is -2.50. The van der Waals surface area contributed by atoms with Crippen molar-refractivity contribution >= 4 is 62.2 Å². The Labute approximate surface area is 160 Å². The Morgan fingerprint density at radius 3 is 2.69 bits per heavy atom. The van der Waals surface area contributed by atoms with E-state index in [2.05, 4.69) is 26.1 Å². The van der Waals surface area contributed by atoms with Gasteiger partial charge in [0.25, 0.3) is 0 Å². The third-order valence-corrected chi connectivity index (χ3v) is 5.62. The summed E-state index contributed by atoms with van der Waals surface area (Å²) < 4.78 is 14.0. The van der Waals surface area contributed by atoms with Gasteiger partial charge in [0, 0.05) is 0 Å². The first-order chi connectivity index (χ1) is 12.6. The SMILES string of the molecule is O=C(CSc1nnc(NC(=O)Nc2cccs2)s1)Nc1ccccc1F. The summed E-state index contributed by atoms with van der Waals surface area (Å²) in [5.74, 6) is -0.810. The molecule has 134 valence electrons. The number of rotatable bonds is 6. The number of carbonyl (C=O) groups is 2. The number of thioether (sulfide) groups is 1. The lowest BCUT2D eigenvalue weighted by Gasteiger charge is -2.04. The van der Waals surface area contributed by atoms with Gasteiger partial charge in [0.2, 0.25) is 11.0 Å². The molecule has 0 spiro atoms. The standard InChI is InChI=1S/C15H12FN5O2S3/c16-9-4-1-2-5-10(9)17-11(22)8-25-15-21-20-14(26-15)19-13(23)18-12-6-3-7-24-12/h1-7H,8H2,(H,17,22)(H2,18,19,20,23). The molecule has 2 heterocycles. The molecule has 0 radical (unpaired) electrons. The van der Waals surface area contributed by atoms with E-state index >= 15 is 0 Å². The summed E-state index contributed by atoms with van der Waals surface area (Å²) in [6.45, 7) is 0. The van der Waals surface area contributed by atoms with E-state index in [9.17, 15) is 14.0 Å². The predicted molar refractivity (Wildman–Crippen MR) is 103 cm³/mol. The Bertz CT molecular complexity index is 900. The van der Waals surface area contributed by atoms with Gasteiger partial charge in [0.1, 0.15) is 5.82 Å². The lowest BCUT2D eigenvalue weighted by atomic mass is 10.3. The Morgan fingerprint density at radius 1 is 1.08 bits per heavy atom. The van der Waals surface area contributed by atoms with Crippen molar-refractivity contribution < 1.29 is 14.0 Å². The number of hydrogen-bond donors (Lipinski definition) is 3. The number of urea groups is 1. The highest BCUT2D eigenvalue weighted by atomic mass is 32.2. The van der Waals surface area contributed by atoms with Gasteiger partial charge in [-0.25, -0.2) is 9.18 Å². The minimum absolute atomic E-state index is 0.0460. The number of halogens is 1. The monoisotopic (exact) mass is 409 g/mol. The molecule has 0 aliphatic heterocycles. The number of thiophene rings is 1. The van der Waals surface area contributed by atoms with Gasteiger partial charge in [-0.3, -0.25) is 15.4 Å². The van der Waals surface area contributed by atoms with E-state index in [4.69, 9.17) is 0 Å². The van der Waals surface area contributed by atoms with Crippen LogP contribution in [-0.2, 0) is 4.79 Å². The van der Waals surface area contributed by atoms with E-state index in [1.54, 1.807) is 18.2 Å². The first kappa shape index (κ1) is 18.3. The number of benzene rings is 1. The molecule has 0 saturated carbocycles. The second-order valence-corrected chi connectivity index (χ2v) is 7.89.